The number of hydrogen-bond donors (Lipinski definition) is 1. The van der Waals surface area contributed by atoms with E-state index in [2.05, 4.69) is 21.2 Å². The van der Waals surface area contributed by atoms with E-state index >= 15 is 0 Å². The predicted octanol–water partition coefficient (Wildman–Crippen LogP) is 1.38. The topological polar surface area (TPSA) is 46.2 Å². The number of hydrogen-bond acceptors (Lipinski definition) is 2. The molecule has 0 atom stereocenters. The summed E-state index contributed by atoms with van der Waals surface area (Å²) in [6.45, 7) is 0.0470. The maximum atomic E-state index is 11.3. The Bertz CT molecular complexity index is 325. The predicted molar refractivity (Wildman–Crippen MR) is 52.5 cm³/mol. The summed E-state index contributed by atoms with van der Waals surface area (Å²) in [4.78, 5) is 21.2. The van der Waals surface area contributed by atoms with Gasteiger partial charge in [-0.25, -0.2) is 0 Å². The SMILES string of the molecule is O=CCNC(=O)c1cccc(Br)c1. The molecule has 1 amide bonds. The van der Waals surface area contributed by atoms with Gasteiger partial charge >= 0.3 is 0 Å². The van der Waals surface area contributed by atoms with E-state index in [4.69, 9.17) is 0 Å². The second-order valence-electron chi connectivity index (χ2n) is 2.39. The zero-order valence-corrected chi connectivity index (χ0v) is 8.37. The highest BCUT2D eigenvalue weighted by Gasteiger charge is 2.03. The smallest absolute Gasteiger partial charge is 0.251 e. The molecule has 0 aliphatic heterocycles. The first-order chi connectivity index (χ1) is 6.24. The van der Waals surface area contributed by atoms with Crippen LogP contribution < -0.4 is 5.32 Å². The third-order valence-electron chi connectivity index (χ3n) is 1.43. The molecular weight excluding hydrogens is 234 g/mol. The number of nitrogens with one attached hydrogen (secondary N) is 1. The summed E-state index contributed by atoms with van der Waals surface area (Å²) in [5.41, 5.74) is 0.538. The Morgan fingerprint density at radius 2 is 2.31 bits per heavy atom. The van der Waals surface area contributed by atoms with Crippen LogP contribution in [0.4, 0.5) is 0 Å². The fourth-order valence-electron chi connectivity index (χ4n) is 0.866. The summed E-state index contributed by atoms with van der Waals surface area (Å²) in [7, 11) is 0. The summed E-state index contributed by atoms with van der Waals surface area (Å²) in [5.74, 6) is -0.242. The lowest BCUT2D eigenvalue weighted by molar-refractivity contribution is -0.107. The number of carbonyl (C=O) groups is 2. The minimum atomic E-state index is -0.242. The van der Waals surface area contributed by atoms with Gasteiger partial charge in [-0.15, -0.1) is 0 Å². The standard InChI is InChI=1S/C9H8BrNO2/c10-8-3-1-2-7(6-8)9(13)11-4-5-12/h1-3,5-6H,4H2,(H,11,13). The van der Waals surface area contributed by atoms with Crippen molar-refractivity contribution in [2.45, 2.75) is 0 Å². The van der Waals surface area contributed by atoms with Crippen molar-refractivity contribution in [3.8, 4) is 0 Å². The van der Waals surface area contributed by atoms with Crippen LogP contribution in [-0.4, -0.2) is 18.7 Å². The fraction of sp³-hybridized carbons (Fsp3) is 0.111. The van der Waals surface area contributed by atoms with Gasteiger partial charge in [-0.3, -0.25) is 4.79 Å². The van der Waals surface area contributed by atoms with E-state index in [1.165, 1.54) is 0 Å². The number of aldehydes is 1. The lowest BCUT2D eigenvalue weighted by Crippen LogP contribution is -2.24. The van der Waals surface area contributed by atoms with Gasteiger partial charge in [0.1, 0.15) is 6.29 Å². The molecule has 0 aliphatic rings. The second kappa shape index (κ2) is 4.77. The lowest BCUT2D eigenvalue weighted by atomic mass is 10.2. The van der Waals surface area contributed by atoms with Crippen LogP contribution in [0.5, 0.6) is 0 Å². The molecule has 0 unspecified atom stereocenters. The van der Waals surface area contributed by atoms with Crippen LogP contribution in [0.2, 0.25) is 0 Å². The van der Waals surface area contributed by atoms with Gasteiger partial charge in [0, 0.05) is 10.0 Å². The molecule has 68 valence electrons. The summed E-state index contributed by atoms with van der Waals surface area (Å²) < 4.78 is 0.839. The van der Waals surface area contributed by atoms with Gasteiger partial charge in [0.25, 0.3) is 5.91 Å². The molecule has 0 saturated carbocycles. The largest absolute Gasteiger partial charge is 0.345 e. The molecule has 13 heavy (non-hydrogen) atoms. The van der Waals surface area contributed by atoms with Crippen LogP contribution in [0.15, 0.2) is 28.7 Å². The Kier molecular flexibility index (Phi) is 3.64. The van der Waals surface area contributed by atoms with Crippen LogP contribution in [-0.2, 0) is 4.79 Å². The van der Waals surface area contributed by atoms with Crippen LogP contribution in [0.1, 0.15) is 10.4 Å². The van der Waals surface area contributed by atoms with Crippen LogP contribution >= 0.6 is 15.9 Å². The third-order valence-corrected chi connectivity index (χ3v) is 1.93. The average molecular weight is 242 g/mol. The Balaban J connectivity index is 2.71. The van der Waals surface area contributed by atoms with Crippen molar-refractivity contribution in [1.29, 1.82) is 0 Å². The summed E-state index contributed by atoms with van der Waals surface area (Å²) >= 11 is 3.25. The molecule has 0 aromatic heterocycles. The van der Waals surface area contributed by atoms with Crippen molar-refractivity contribution >= 4 is 28.1 Å². The fourth-order valence-corrected chi connectivity index (χ4v) is 1.27. The third kappa shape index (κ3) is 2.99. The zero-order chi connectivity index (χ0) is 9.68. The van der Waals surface area contributed by atoms with E-state index in [0.717, 1.165) is 4.47 Å². The van der Waals surface area contributed by atoms with E-state index in [0.29, 0.717) is 11.8 Å². The quantitative estimate of drug-likeness (QED) is 0.814. The van der Waals surface area contributed by atoms with Gasteiger partial charge in [-0.05, 0) is 18.2 Å². The lowest BCUT2D eigenvalue weighted by Gasteiger charge is -2.00. The highest BCUT2D eigenvalue weighted by molar-refractivity contribution is 9.10. The first kappa shape index (κ1) is 9.92. The highest BCUT2D eigenvalue weighted by Crippen LogP contribution is 2.11. The van der Waals surface area contributed by atoms with Crippen LogP contribution in [0.25, 0.3) is 0 Å². The van der Waals surface area contributed by atoms with Crippen LogP contribution in [0, 0.1) is 0 Å². The first-order valence-electron chi connectivity index (χ1n) is 3.71. The molecule has 1 aromatic rings. The second-order valence-corrected chi connectivity index (χ2v) is 3.30. The molecule has 1 aromatic carbocycles. The summed E-state index contributed by atoms with van der Waals surface area (Å²) in [5, 5.41) is 2.45. The normalized spacial score (nSPS) is 9.31. The Labute approximate surface area is 84.3 Å². The molecule has 0 fully saturated rings. The number of carbonyl (C=O) groups excluding carboxylic acids is 2. The van der Waals surface area contributed by atoms with Gasteiger partial charge in [-0.2, -0.15) is 0 Å². The van der Waals surface area contributed by atoms with Crippen molar-refractivity contribution in [3.05, 3.63) is 34.3 Å². The first-order valence-corrected chi connectivity index (χ1v) is 4.50. The summed E-state index contributed by atoms with van der Waals surface area (Å²) in [6, 6.07) is 6.97. The van der Waals surface area contributed by atoms with Gasteiger partial charge < -0.3 is 10.1 Å². The number of amides is 1. The molecule has 0 aliphatic carbocycles. The molecule has 1 rings (SSSR count). The molecule has 0 spiro atoms. The van der Waals surface area contributed by atoms with E-state index < -0.39 is 0 Å². The van der Waals surface area contributed by atoms with Crippen molar-refractivity contribution in [2.24, 2.45) is 0 Å². The van der Waals surface area contributed by atoms with Gasteiger partial charge in [0.2, 0.25) is 0 Å². The average Bonchev–Trinajstić information content (AvgIpc) is 2.14. The van der Waals surface area contributed by atoms with E-state index in [1.54, 1.807) is 18.2 Å². The Hall–Kier alpha value is -1.16. The van der Waals surface area contributed by atoms with Crippen LogP contribution in [0.3, 0.4) is 0 Å². The van der Waals surface area contributed by atoms with Gasteiger partial charge in [0.15, 0.2) is 0 Å². The van der Waals surface area contributed by atoms with Crippen molar-refractivity contribution in [3.63, 3.8) is 0 Å². The zero-order valence-electron chi connectivity index (χ0n) is 6.79. The molecule has 0 radical (unpaired) electrons. The minimum absolute atomic E-state index is 0.0470. The van der Waals surface area contributed by atoms with Gasteiger partial charge in [0.05, 0.1) is 6.54 Å². The van der Waals surface area contributed by atoms with Crippen molar-refractivity contribution in [1.82, 2.24) is 5.32 Å². The molecule has 0 bridgehead atoms. The monoisotopic (exact) mass is 241 g/mol. The van der Waals surface area contributed by atoms with Crippen molar-refractivity contribution in [2.75, 3.05) is 6.54 Å². The van der Waals surface area contributed by atoms with E-state index in [-0.39, 0.29) is 12.5 Å². The number of rotatable bonds is 3. The molecule has 3 nitrogen and oxygen atoms in total. The molecule has 0 heterocycles. The molecule has 4 heteroatoms. The van der Waals surface area contributed by atoms with Gasteiger partial charge in [-0.1, -0.05) is 22.0 Å². The molecule has 0 saturated heterocycles. The Morgan fingerprint density at radius 1 is 1.54 bits per heavy atom. The molecular formula is C9H8BrNO2. The minimum Gasteiger partial charge on any atom is -0.345 e. The van der Waals surface area contributed by atoms with E-state index in [1.807, 2.05) is 6.07 Å². The van der Waals surface area contributed by atoms with E-state index in [9.17, 15) is 9.59 Å². The number of benzene rings is 1. The molecule has 1 N–H and O–H groups in total. The highest BCUT2D eigenvalue weighted by atomic mass is 79.9. The maximum absolute atomic E-state index is 11.3. The Morgan fingerprint density at radius 3 is 2.92 bits per heavy atom. The van der Waals surface area contributed by atoms with Crippen molar-refractivity contribution < 1.29 is 9.59 Å². The summed E-state index contributed by atoms with van der Waals surface area (Å²) in [6.07, 6.45) is 0.649. The maximum Gasteiger partial charge on any atom is 0.251 e. The number of halogens is 1.